The van der Waals surface area contributed by atoms with E-state index in [0.717, 1.165) is 25.1 Å². The number of phenols is 1. The molecule has 1 rings (SSSR count). The van der Waals surface area contributed by atoms with Crippen molar-refractivity contribution in [1.82, 2.24) is 5.32 Å². The van der Waals surface area contributed by atoms with Crippen LogP contribution in [0.1, 0.15) is 12.0 Å². The van der Waals surface area contributed by atoms with Crippen molar-refractivity contribution in [3.05, 3.63) is 35.4 Å². The molecule has 0 aliphatic carbocycles. The summed E-state index contributed by atoms with van der Waals surface area (Å²) in [7, 11) is 1.83. The molecule has 1 aromatic carbocycles. The van der Waals surface area contributed by atoms with Crippen LogP contribution in [0, 0.1) is 11.6 Å². The van der Waals surface area contributed by atoms with Crippen molar-refractivity contribution >= 4 is 6.08 Å². The van der Waals surface area contributed by atoms with Crippen molar-refractivity contribution in [3.63, 3.8) is 0 Å². The number of benzene rings is 1. The van der Waals surface area contributed by atoms with Gasteiger partial charge in [-0.3, -0.25) is 0 Å². The predicted octanol–water partition coefficient (Wildman–Crippen LogP) is 2.29. The molecule has 2 N–H and O–H groups in total. The summed E-state index contributed by atoms with van der Waals surface area (Å²) >= 11 is 0. The second-order valence-electron chi connectivity index (χ2n) is 3.13. The van der Waals surface area contributed by atoms with Crippen LogP contribution in [0.5, 0.6) is 5.75 Å². The minimum atomic E-state index is -0.941. The smallest absolute Gasteiger partial charge is 0.187 e. The van der Waals surface area contributed by atoms with Crippen molar-refractivity contribution in [2.24, 2.45) is 0 Å². The second-order valence-corrected chi connectivity index (χ2v) is 3.13. The van der Waals surface area contributed by atoms with Gasteiger partial charge in [-0.25, -0.2) is 8.78 Å². The van der Waals surface area contributed by atoms with E-state index in [9.17, 15) is 8.78 Å². The highest BCUT2D eigenvalue weighted by Crippen LogP contribution is 2.21. The van der Waals surface area contributed by atoms with Gasteiger partial charge >= 0.3 is 0 Å². The predicted molar refractivity (Wildman–Crippen MR) is 55.6 cm³/mol. The fourth-order valence-corrected chi connectivity index (χ4v) is 1.13. The van der Waals surface area contributed by atoms with Gasteiger partial charge in [0.25, 0.3) is 0 Å². The minimum absolute atomic E-state index is 0.402. The molecule has 1 aromatic rings. The third-order valence-electron chi connectivity index (χ3n) is 1.91. The van der Waals surface area contributed by atoms with Crippen LogP contribution in [0.2, 0.25) is 0 Å². The Morgan fingerprint density at radius 1 is 1.33 bits per heavy atom. The van der Waals surface area contributed by atoms with E-state index in [2.05, 4.69) is 5.32 Å². The van der Waals surface area contributed by atoms with Gasteiger partial charge in [0, 0.05) is 0 Å². The Kier molecular flexibility index (Phi) is 4.24. The lowest BCUT2D eigenvalue weighted by molar-refractivity contribution is 0.396. The summed E-state index contributed by atoms with van der Waals surface area (Å²) in [5.41, 5.74) is 0.402. The summed E-state index contributed by atoms with van der Waals surface area (Å²) in [5, 5.41) is 11.8. The van der Waals surface area contributed by atoms with Gasteiger partial charge in [-0.2, -0.15) is 0 Å². The van der Waals surface area contributed by atoms with Gasteiger partial charge < -0.3 is 10.4 Å². The van der Waals surface area contributed by atoms with E-state index < -0.39 is 17.4 Å². The van der Waals surface area contributed by atoms with Gasteiger partial charge in [0.2, 0.25) is 0 Å². The van der Waals surface area contributed by atoms with E-state index in [1.807, 2.05) is 13.1 Å². The van der Waals surface area contributed by atoms with Gasteiger partial charge in [-0.05, 0) is 37.7 Å². The van der Waals surface area contributed by atoms with Crippen molar-refractivity contribution in [2.45, 2.75) is 6.42 Å². The number of hydrogen-bond donors (Lipinski definition) is 2. The summed E-state index contributed by atoms with van der Waals surface area (Å²) in [6.45, 7) is 0.805. The van der Waals surface area contributed by atoms with Crippen molar-refractivity contribution in [3.8, 4) is 5.75 Å². The van der Waals surface area contributed by atoms with Crippen LogP contribution in [-0.2, 0) is 0 Å². The Hall–Kier alpha value is -1.42. The molecule has 0 radical (unpaired) electrons. The van der Waals surface area contributed by atoms with Gasteiger partial charge in [-0.15, -0.1) is 0 Å². The first kappa shape index (κ1) is 11.7. The monoisotopic (exact) mass is 213 g/mol. The Labute approximate surface area is 87.2 Å². The highest BCUT2D eigenvalue weighted by atomic mass is 19.1. The molecule has 0 aromatic heterocycles. The fraction of sp³-hybridized carbons (Fsp3) is 0.273. The third-order valence-corrected chi connectivity index (χ3v) is 1.91. The molecule has 15 heavy (non-hydrogen) atoms. The van der Waals surface area contributed by atoms with E-state index in [0.29, 0.717) is 5.56 Å². The lowest BCUT2D eigenvalue weighted by Gasteiger charge is -1.99. The van der Waals surface area contributed by atoms with E-state index in [-0.39, 0.29) is 0 Å². The molecule has 0 amide bonds. The Morgan fingerprint density at radius 2 is 1.93 bits per heavy atom. The van der Waals surface area contributed by atoms with Crippen LogP contribution in [0.15, 0.2) is 18.2 Å². The molecule has 0 heterocycles. The zero-order valence-electron chi connectivity index (χ0n) is 8.43. The first-order chi connectivity index (χ1) is 7.15. The van der Waals surface area contributed by atoms with Crippen molar-refractivity contribution in [2.75, 3.05) is 13.6 Å². The fourth-order valence-electron chi connectivity index (χ4n) is 1.13. The van der Waals surface area contributed by atoms with E-state index in [1.54, 1.807) is 6.08 Å². The summed E-state index contributed by atoms with van der Waals surface area (Å²) in [4.78, 5) is 0. The molecule has 0 aliphatic rings. The molecule has 0 unspecified atom stereocenters. The largest absolute Gasteiger partial charge is 0.503 e. The van der Waals surface area contributed by atoms with Gasteiger partial charge in [0.15, 0.2) is 17.4 Å². The normalized spacial score (nSPS) is 11.1. The molecule has 4 heteroatoms. The maximum Gasteiger partial charge on any atom is 0.187 e. The third kappa shape index (κ3) is 3.32. The van der Waals surface area contributed by atoms with Crippen LogP contribution in [0.25, 0.3) is 6.08 Å². The highest BCUT2D eigenvalue weighted by molar-refractivity contribution is 5.51. The number of halogens is 2. The molecular weight excluding hydrogens is 200 g/mol. The van der Waals surface area contributed by atoms with Crippen LogP contribution < -0.4 is 5.32 Å². The number of phenolic OH excluding ortho intramolecular Hbond substituents is 1. The van der Waals surface area contributed by atoms with Crippen LogP contribution in [0.3, 0.4) is 0 Å². The van der Waals surface area contributed by atoms with Crippen LogP contribution >= 0.6 is 0 Å². The maximum absolute atomic E-state index is 12.9. The molecule has 0 spiro atoms. The zero-order valence-corrected chi connectivity index (χ0v) is 8.43. The SMILES string of the molecule is CNCCC=Cc1cc(F)c(O)c(F)c1. The summed E-state index contributed by atoms with van der Waals surface area (Å²) in [6.07, 6.45) is 4.20. The average molecular weight is 213 g/mol. The number of hydrogen-bond acceptors (Lipinski definition) is 2. The first-order valence-electron chi connectivity index (χ1n) is 4.64. The quantitative estimate of drug-likeness (QED) is 0.752. The van der Waals surface area contributed by atoms with E-state index in [1.165, 1.54) is 0 Å². The Morgan fingerprint density at radius 3 is 2.47 bits per heavy atom. The standard InChI is InChI=1S/C11H13F2NO/c1-14-5-3-2-4-8-6-9(12)11(15)10(13)7-8/h2,4,6-7,14-15H,3,5H2,1H3. The second kappa shape index (κ2) is 5.46. The molecule has 0 atom stereocenters. The van der Waals surface area contributed by atoms with E-state index in [4.69, 9.17) is 5.11 Å². The first-order valence-corrected chi connectivity index (χ1v) is 4.64. The van der Waals surface area contributed by atoms with Gasteiger partial charge in [0.05, 0.1) is 0 Å². The lowest BCUT2D eigenvalue weighted by Crippen LogP contribution is -2.05. The summed E-state index contributed by atoms with van der Waals surface area (Å²) < 4.78 is 25.8. The molecule has 82 valence electrons. The highest BCUT2D eigenvalue weighted by Gasteiger charge is 2.07. The number of aromatic hydroxyl groups is 1. The van der Waals surface area contributed by atoms with Crippen LogP contribution in [0.4, 0.5) is 8.78 Å². The van der Waals surface area contributed by atoms with Crippen molar-refractivity contribution in [1.29, 1.82) is 0 Å². The molecule has 2 nitrogen and oxygen atoms in total. The molecule has 0 aliphatic heterocycles. The van der Waals surface area contributed by atoms with Crippen LogP contribution in [-0.4, -0.2) is 18.7 Å². The van der Waals surface area contributed by atoms with Crippen molar-refractivity contribution < 1.29 is 13.9 Å². The molecular formula is C11H13F2NO. The topological polar surface area (TPSA) is 32.3 Å². The van der Waals surface area contributed by atoms with E-state index >= 15 is 0 Å². The van der Waals surface area contributed by atoms with Gasteiger partial charge in [-0.1, -0.05) is 12.2 Å². The Bertz CT molecular complexity index is 341. The van der Waals surface area contributed by atoms with Gasteiger partial charge in [0.1, 0.15) is 0 Å². The minimum Gasteiger partial charge on any atom is -0.503 e. The average Bonchev–Trinajstić information content (AvgIpc) is 2.21. The molecule has 0 saturated carbocycles. The number of rotatable bonds is 4. The summed E-state index contributed by atoms with van der Waals surface area (Å²) in [6, 6.07) is 2.18. The zero-order chi connectivity index (χ0) is 11.3. The lowest BCUT2D eigenvalue weighted by atomic mass is 10.1. The maximum atomic E-state index is 12.9. The molecule has 0 fully saturated rings. The summed E-state index contributed by atoms with van der Waals surface area (Å²) in [5.74, 6) is -2.81. The molecule has 0 saturated heterocycles. The molecule has 0 bridgehead atoms. The Balaban J connectivity index is 2.74. The number of nitrogens with one attached hydrogen (secondary N) is 1.